The lowest BCUT2D eigenvalue weighted by atomic mass is 10.5. The summed E-state index contributed by atoms with van der Waals surface area (Å²) in [6, 6.07) is 0. The van der Waals surface area contributed by atoms with E-state index in [1.54, 1.807) is 0 Å². The zero-order chi connectivity index (χ0) is 10.3. The van der Waals surface area contributed by atoms with Crippen LogP contribution in [0.15, 0.2) is 0 Å². The van der Waals surface area contributed by atoms with Gasteiger partial charge in [0.25, 0.3) is 0 Å². The molecule has 0 aromatic carbocycles. The normalized spacial score (nSPS) is 12.3. The molecule has 0 radical (unpaired) electrons. The highest BCUT2D eigenvalue weighted by molar-refractivity contribution is 7.89. The number of aliphatic hydroxyl groups excluding tert-OH is 1. The van der Waals surface area contributed by atoms with Crippen molar-refractivity contribution in [2.24, 2.45) is 0 Å². The van der Waals surface area contributed by atoms with E-state index in [-0.39, 0.29) is 18.9 Å². The van der Waals surface area contributed by atoms with Crippen molar-refractivity contribution in [2.45, 2.75) is 26.7 Å². The van der Waals surface area contributed by atoms with E-state index >= 15 is 0 Å². The van der Waals surface area contributed by atoms with Crippen molar-refractivity contribution in [2.75, 3.05) is 25.4 Å². The maximum absolute atomic E-state index is 11.5. The Hall–Kier alpha value is -0.130. The fourth-order valence-electron chi connectivity index (χ4n) is 1.14. The van der Waals surface area contributed by atoms with E-state index in [0.717, 1.165) is 6.42 Å². The molecule has 0 fully saturated rings. The Morgan fingerprint density at radius 1 is 1.15 bits per heavy atom. The van der Waals surface area contributed by atoms with Gasteiger partial charge in [-0.05, 0) is 12.8 Å². The molecule has 0 heterocycles. The largest absolute Gasteiger partial charge is 0.395 e. The Balaban J connectivity index is 4.33. The summed E-state index contributed by atoms with van der Waals surface area (Å²) < 4.78 is 24.4. The number of aliphatic hydroxyl groups is 1. The van der Waals surface area contributed by atoms with Crippen molar-refractivity contribution in [1.29, 1.82) is 0 Å². The van der Waals surface area contributed by atoms with Gasteiger partial charge in [-0.1, -0.05) is 13.8 Å². The molecule has 0 aromatic heterocycles. The van der Waals surface area contributed by atoms with Crippen LogP contribution in [-0.2, 0) is 10.0 Å². The molecule has 0 saturated heterocycles. The molecule has 80 valence electrons. The van der Waals surface area contributed by atoms with E-state index in [4.69, 9.17) is 5.11 Å². The lowest BCUT2D eigenvalue weighted by Gasteiger charge is -2.19. The molecule has 0 atom stereocenters. The minimum atomic E-state index is -3.12. The first-order valence-electron chi connectivity index (χ1n) is 4.67. The molecule has 0 unspecified atom stereocenters. The van der Waals surface area contributed by atoms with Gasteiger partial charge >= 0.3 is 0 Å². The van der Waals surface area contributed by atoms with Crippen molar-refractivity contribution >= 4 is 10.0 Å². The second-order valence-electron chi connectivity index (χ2n) is 2.94. The Kier molecular flexibility index (Phi) is 6.28. The van der Waals surface area contributed by atoms with Gasteiger partial charge in [0.2, 0.25) is 10.0 Å². The van der Waals surface area contributed by atoms with Crippen LogP contribution >= 0.6 is 0 Å². The van der Waals surface area contributed by atoms with Gasteiger partial charge in [-0.2, -0.15) is 4.31 Å². The summed E-state index contributed by atoms with van der Waals surface area (Å²) in [5.74, 6) is 0.174. The van der Waals surface area contributed by atoms with Crippen molar-refractivity contribution in [1.82, 2.24) is 4.31 Å². The molecule has 0 saturated carbocycles. The van der Waals surface area contributed by atoms with Gasteiger partial charge in [0, 0.05) is 13.1 Å². The van der Waals surface area contributed by atoms with Crippen LogP contribution in [0.4, 0.5) is 0 Å². The first-order chi connectivity index (χ1) is 6.08. The van der Waals surface area contributed by atoms with Crippen LogP contribution in [-0.4, -0.2) is 43.3 Å². The van der Waals surface area contributed by atoms with Crippen molar-refractivity contribution in [3.05, 3.63) is 0 Å². The maximum atomic E-state index is 11.5. The molecule has 0 spiro atoms. The van der Waals surface area contributed by atoms with Gasteiger partial charge in [0.05, 0.1) is 12.4 Å². The quantitative estimate of drug-likeness (QED) is 0.661. The summed E-state index contributed by atoms with van der Waals surface area (Å²) in [5, 5.41) is 8.69. The van der Waals surface area contributed by atoms with Crippen LogP contribution in [0, 0.1) is 0 Å². The average molecular weight is 209 g/mol. The van der Waals surface area contributed by atoms with Gasteiger partial charge in [-0.15, -0.1) is 0 Å². The Labute approximate surface area is 80.6 Å². The zero-order valence-corrected chi connectivity index (χ0v) is 9.18. The topological polar surface area (TPSA) is 57.6 Å². The van der Waals surface area contributed by atoms with E-state index in [1.807, 2.05) is 13.8 Å². The van der Waals surface area contributed by atoms with E-state index in [2.05, 4.69) is 0 Å². The lowest BCUT2D eigenvalue weighted by Crippen LogP contribution is -2.35. The first kappa shape index (κ1) is 12.9. The molecule has 1 N–H and O–H groups in total. The van der Waals surface area contributed by atoms with Gasteiger partial charge in [-0.3, -0.25) is 0 Å². The van der Waals surface area contributed by atoms with E-state index in [9.17, 15) is 8.42 Å². The second-order valence-corrected chi connectivity index (χ2v) is 5.03. The third-order valence-corrected chi connectivity index (χ3v) is 3.75. The summed E-state index contributed by atoms with van der Waals surface area (Å²) in [5.41, 5.74) is 0. The number of hydrogen-bond acceptors (Lipinski definition) is 3. The fraction of sp³-hybridized carbons (Fsp3) is 1.00. The molecule has 0 rings (SSSR count). The third-order valence-electron chi connectivity index (χ3n) is 1.68. The molecule has 0 aliphatic rings. The molecule has 0 bridgehead atoms. The predicted molar refractivity (Wildman–Crippen MR) is 53.0 cm³/mol. The van der Waals surface area contributed by atoms with Crippen LogP contribution in [0.3, 0.4) is 0 Å². The van der Waals surface area contributed by atoms with E-state index < -0.39 is 10.0 Å². The fourth-order valence-corrected chi connectivity index (χ4v) is 2.73. The summed E-state index contributed by atoms with van der Waals surface area (Å²) in [6.07, 6.45) is 1.40. The number of nitrogens with zero attached hydrogens (tertiary/aromatic N) is 1. The maximum Gasteiger partial charge on any atom is 0.214 e. The first-order valence-corrected chi connectivity index (χ1v) is 6.28. The van der Waals surface area contributed by atoms with Crippen LogP contribution < -0.4 is 0 Å². The highest BCUT2D eigenvalue weighted by Gasteiger charge is 2.18. The van der Waals surface area contributed by atoms with Gasteiger partial charge in [0.15, 0.2) is 0 Å². The lowest BCUT2D eigenvalue weighted by molar-refractivity contribution is 0.253. The van der Waals surface area contributed by atoms with Gasteiger partial charge in [-0.25, -0.2) is 8.42 Å². The SMILES string of the molecule is CCCN(CCO)S(=O)(=O)CCC. The van der Waals surface area contributed by atoms with E-state index in [1.165, 1.54) is 4.31 Å². The van der Waals surface area contributed by atoms with Crippen LogP contribution in [0.1, 0.15) is 26.7 Å². The Morgan fingerprint density at radius 2 is 1.77 bits per heavy atom. The average Bonchev–Trinajstić information content (AvgIpc) is 2.04. The Bertz CT molecular complexity index is 207. The minimum Gasteiger partial charge on any atom is -0.395 e. The summed E-state index contributed by atoms with van der Waals surface area (Å²) in [7, 11) is -3.12. The third kappa shape index (κ3) is 4.59. The van der Waals surface area contributed by atoms with Crippen LogP contribution in [0.5, 0.6) is 0 Å². The van der Waals surface area contributed by atoms with Gasteiger partial charge < -0.3 is 5.11 Å². The summed E-state index contributed by atoms with van der Waals surface area (Å²) >= 11 is 0. The monoisotopic (exact) mass is 209 g/mol. The molecular formula is C8H19NO3S. The molecular weight excluding hydrogens is 190 g/mol. The second kappa shape index (κ2) is 6.34. The molecule has 0 amide bonds. The zero-order valence-electron chi connectivity index (χ0n) is 8.36. The predicted octanol–water partition coefficient (Wildman–Crippen LogP) is 0.430. The summed E-state index contributed by atoms with van der Waals surface area (Å²) in [4.78, 5) is 0. The highest BCUT2D eigenvalue weighted by atomic mass is 32.2. The molecule has 0 aliphatic carbocycles. The standard InChI is InChI=1S/C8H19NO3S/c1-3-5-9(6-7-10)13(11,12)8-4-2/h10H,3-8H2,1-2H3. The summed E-state index contributed by atoms with van der Waals surface area (Å²) in [6.45, 7) is 4.37. The molecule has 4 nitrogen and oxygen atoms in total. The molecule has 5 heteroatoms. The highest BCUT2D eigenvalue weighted by Crippen LogP contribution is 2.03. The smallest absolute Gasteiger partial charge is 0.214 e. The molecule has 13 heavy (non-hydrogen) atoms. The van der Waals surface area contributed by atoms with Crippen molar-refractivity contribution in [3.8, 4) is 0 Å². The molecule has 0 aliphatic heterocycles. The number of hydrogen-bond donors (Lipinski definition) is 1. The van der Waals surface area contributed by atoms with Crippen molar-refractivity contribution in [3.63, 3.8) is 0 Å². The van der Waals surface area contributed by atoms with Crippen molar-refractivity contribution < 1.29 is 13.5 Å². The number of rotatable bonds is 7. The molecule has 0 aromatic rings. The van der Waals surface area contributed by atoms with Gasteiger partial charge in [0.1, 0.15) is 0 Å². The minimum absolute atomic E-state index is 0.108. The Morgan fingerprint density at radius 3 is 2.15 bits per heavy atom. The van der Waals surface area contributed by atoms with E-state index in [0.29, 0.717) is 13.0 Å². The van der Waals surface area contributed by atoms with Crippen LogP contribution in [0.2, 0.25) is 0 Å². The van der Waals surface area contributed by atoms with Crippen LogP contribution in [0.25, 0.3) is 0 Å². The number of sulfonamides is 1.